The Bertz CT molecular complexity index is 598. The molecule has 1 N–H and O–H groups in total. The van der Waals surface area contributed by atoms with Crippen LogP contribution in [0.25, 0.3) is 0 Å². The number of hydrazone groups is 1. The average molecular weight is 341 g/mol. The Morgan fingerprint density at radius 2 is 2.20 bits per heavy atom. The molecule has 0 radical (unpaired) electrons. The zero-order valence-corrected chi connectivity index (χ0v) is 12.5. The van der Waals surface area contributed by atoms with Crippen LogP contribution in [-0.4, -0.2) is 40.5 Å². The van der Waals surface area contributed by atoms with Gasteiger partial charge < -0.3 is 9.84 Å². The molecule has 0 bridgehead atoms. The molecule has 0 saturated carbocycles. The van der Waals surface area contributed by atoms with Crippen LogP contribution in [0.3, 0.4) is 0 Å². The molecule has 0 spiro atoms. The Balaban J connectivity index is 2.33. The van der Waals surface area contributed by atoms with Crippen molar-refractivity contribution in [3.05, 3.63) is 34.3 Å². The third kappa shape index (κ3) is 2.73. The Kier molecular flexibility index (Phi) is 3.92. The van der Waals surface area contributed by atoms with Crippen LogP contribution < -0.4 is 0 Å². The molecule has 1 aromatic rings. The molecule has 0 aliphatic carbocycles. The van der Waals surface area contributed by atoms with E-state index >= 15 is 0 Å². The molecule has 0 saturated heterocycles. The number of rotatable bonds is 2. The first kappa shape index (κ1) is 14.7. The molecule has 7 heteroatoms. The van der Waals surface area contributed by atoms with Gasteiger partial charge in [-0.05, 0) is 25.1 Å². The molecule has 0 aromatic heterocycles. The van der Waals surface area contributed by atoms with Crippen molar-refractivity contribution in [2.45, 2.75) is 19.1 Å². The van der Waals surface area contributed by atoms with Gasteiger partial charge in [-0.15, -0.1) is 0 Å². The number of hydrogen-bond acceptors (Lipinski definition) is 5. The lowest BCUT2D eigenvalue weighted by Crippen LogP contribution is -2.43. The highest BCUT2D eigenvalue weighted by Gasteiger charge is 2.43. The number of carbonyl (C=O) groups excluding carboxylic acids is 2. The first-order valence-electron chi connectivity index (χ1n) is 5.83. The largest absolute Gasteiger partial charge is 0.464 e. The fourth-order valence-electron chi connectivity index (χ4n) is 1.89. The van der Waals surface area contributed by atoms with E-state index in [1.54, 1.807) is 24.3 Å². The van der Waals surface area contributed by atoms with Crippen molar-refractivity contribution < 1.29 is 19.4 Å². The maximum Gasteiger partial charge on any atom is 0.354 e. The van der Waals surface area contributed by atoms with Crippen LogP contribution in [0.2, 0.25) is 0 Å². The summed E-state index contributed by atoms with van der Waals surface area (Å²) in [6, 6.07) is 6.70. The van der Waals surface area contributed by atoms with Crippen LogP contribution in [0.5, 0.6) is 0 Å². The van der Waals surface area contributed by atoms with Crippen molar-refractivity contribution in [3.63, 3.8) is 0 Å². The van der Waals surface area contributed by atoms with Gasteiger partial charge in [0, 0.05) is 16.5 Å². The second kappa shape index (κ2) is 5.34. The quantitative estimate of drug-likeness (QED) is 0.828. The Labute approximate surface area is 124 Å². The summed E-state index contributed by atoms with van der Waals surface area (Å²) in [6.45, 7) is 1.42. The molecule has 20 heavy (non-hydrogen) atoms. The maximum absolute atomic E-state index is 12.4. The summed E-state index contributed by atoms with van der Waals surface area (Å²) in [7, 11) is 1.22. The number of amides is 1. The molecular weight excluding hydrogens is 328 g/mol. The normalized spacial score (nSPS) is 21.6. The molecule has 2 rings (SSSR count). The molecule has 1 aliphatic rings. The number of halogens is 1. The highest BCUT2D eigenvalue weighted by Crippen LogP contribution is 2.27. The summed E-state index contributed by atoms with van der Waals surface area (Å²) in [5, 5.41) is 15.0. The standard InChI is InChI=1S/C13H13BrN2O4/c1-13(19)7-10(12(18)20-2)15-16(13)11(17)8-4-3-5-9(14)6-8/h3-6,19H,7H2,1-2H3/t13-/m0/s1. The first-order valence-corrected chi connectivity index (χ1v) is 6.63. The van der Waals surface area contributed by atoms with Crippen molar-refractivity contribution in [2.75, 3.05) is 7.11 Å². The van der Waals surface area contributed by atoms with Crippen LogP contribution in [0, 0.1) is 0 Å². The lowest BCUT2D eigenvalue weighted by molar-refractivity contribution is -0.133. The van der Waals surface area contributed by atoms with E-state index in [-0.39, 0.29) is 12.1 Å². The van der Waals surface area contributed by atoms with Gasteiger partial charge in [0.25, 0.3) is 5.91 Å². The number of benzene rings is 1. The van der Waals surface area contributed by atoms with Crippen molar-refractivity contribution in [3.8, 4) is 0 Å². The molecule has 106 valence electrons. The van der Waals surface area contributed by atoms with Gasteiger partial charge in [0.1, 0.15) is 0 Å². The minimum absolute atomic E-state index is 0.0147. The zero-order chi connectivity index (χ0) is 14.9. The molecule has 0 unspecified atom stereocenters. The predicted molar refractivity (Wildman–Crippen MR) is 75.0 cm³/mol. The van der Waals surface area contributed by atoms with E-state index in [1.807, 2.05) is 0 Å². The van der Waals surface area contributed by atoms with Crippen LogP contribution in [0.15, 0.2) is 33.8 Å². The van der Waals surface area contributed by atoms with Gasteiger partial charge in [-0.1, -0.05) is 22.0 Å². The topological polar surface area (TPSA) is 79.2 Å². The van der Waals surface area contributed by atoms with Gasteiger partial charge in [0.15, 0.2) is 11.4 Å². The van der Waals surface area contributed by atoms with Crippen LogP contribution in [0.1, 0.15) is 23.7 Å². The number of methoxy groups -OCH3 is 1. The molecule has 0 fully saturated rings. The van der Waals surface area contributed by atoms with Gasteiger partial charge in [-0.2, -0.15) is 10.1 Å². The predicted octanol–water partition coefficient (Wildman–Crippen LogP) is 1.53. The third-order valence-corrected chi connectivity index (χ3v) is 3.36. The second-order valence-electron chi connectivity index (χ2n) is 4.56. The molecule has 1 atom stereocenters. The fourth-order valence-corrected chi connectivity index (χ4v) is 2.29. The molecule has 1 aliphatic heterocycles. The number of carbonyl (C=O) groups is 2. The number of aliphatic hydroxyl groups is 1. The summed E-state index contributed by atoms with van der Waals surface area (Å²) < 4.78 is 5.29. The van der Waals surface area contributed by atoms with E-state index in [1.165, 1.54) is 14.0 Å². The molecule has 1 heterocycles. The van der Waals surface area contributed by atoms with Crippen LogP contribution in [-0.2, 0) is 9.53 Å². The summed E-state index contributed by atoms with van der Waals surface area (Å²) in [5.74, 6) is -1.15. The van der Waals surface area contributed by atoms with Crippen molar-refractivity contribution in [1.29, 1.82) is 0 Å². The average Bonchev–Trinajstić information content (AvgIpc) is 2.72. The summed E-state index contributed by atoms with van der Waals surface area (Å²) in [6.07, 6.45) is -0.0700. The van der Waals surface area contributed by atoms with E-state index in [4.69, 9.17) is 0 Å². The SMILES string of the molecule is COC(=O)C1=NN(C(=O)c2cccc(Br)c2)[C@@](C)(O)C1. The molecule has 1 amide bonds. The summed E-state index contributed by atoms with van der Waals surface area (Å²) in [4.78, 5) is 23.8. The Morgan fingerprint density at radius 3 is 2.80 bits per heavy atom. The van der Waals surface area contributed by atoms with E-state index in [0.29, 0.717) is 5.56 Å². The molecular formula is C13H13BrN2O4. The minimum Gasteiger partial charge on any atom is -0.464 e. The van der Waals surface area contributed by atoms with E-state index in [9.17, 15) is 14.7 Å². The number of nitrogens with zero attached hydrogens (tertiary/aromatic N) is 2. The van der Waals surface area contributed by atoms with E-state index in [2.05, 4.69) is 25.8 Å². The number of ether oxygens (including phenoxy) is 1. The van der Waals surface area contributed by atoms with Crippen molar-refractivity contribution in [2.24, 2.45) is 5.10 Å². The highest BCUT2D eigenvalue weighted by molar-refractivity contribution is 9.10. The van der Waals surface area contributed by atoms with Crippen LogP contribution >= 0.6 is 15.9 Å². The van der Waals surface area contributed by atoms with Crippen molar-refractivity contribution in [1.82, 2.24) is 5.01 Å². The van der Waals surface area contributed by atoms with Gasteiger partial charge >= 0.3 is 5.97 Å². The summed E-state index contributed by atoms with van der Waals surface area (Å²) in [5.41, 5.74) is -1.18. The van der Waals surface area contributed by atoms with Gasteiger partial charge in [0.05, 0.1) is 7.11 Å². The molecule has 6 nitrogen and oxygen atoms in total. The lowest BCUT2D eigenvalue weighted by atomic mass is 10.1. The summed E-state index contributed by atoms with van der Waals surface area (Å²) >= 11 is 3.27. The van der Waals surface area contributed by atoms with Gasteiger partial charge in [0.2, 0.25) is 0 Å². The Morgan fingerprint density at radius 1 is 1.50 bits per heavy atom. The zero-order valence-electron chi connectivity index (χ0n) is 11.0. The fraction of sp³-hybridized carbons (Fsp3) is 0.308. The van der Waals surface area contributed by atoms with Crippen LogP contribution in [0.4, 0.5) is 0 Å². The second-order valence-corrected chi connectivity index (χ2v) is 5.48. The number of hydrogen-bond donors (Lipinski definition) is 1. The maximum atomic E-state index is 12.4. The van der Waals surface area contributed by atoms with E-state index < -0.39 is 17.6 Å². The third-order valence-electron chi connectivity index (χ3n) is 2.86. The van der Waals surface area contributed by atoms with Crippen molar-refractivity contribution >= 4 is 33.5 Å². The van der Waals surface area contributed by atoms with Gasteiger partial charge in [-0.25, -0.2) is 4.79 Å². The monoisotopic (exact) mass is 340 g/mol. The Hall–Kier alpha value is -1.73. The van der Waals surface area contributed by atoms with E-state index in [0.717, 1.165) is 9.48 Å². The smallest absolute Gasteiger partial charge is 0.354 e. The first-order chi connectivity index (χ1) is 9.35. The highest BCUT2D eigenvalue weighted by atomic mass is 79.9. The molecule has 1 aromatic carbocycles. The lowest BCUT2D eigenvalue weighted by Gasteiger charge is -2.26. The minimum atomic E-state index is -1.55. The number of esters is 1. The van der Waals surface area contributed by atoms with Gasteiger partial charge in [-0.3, -0.25) is 4.79 Å².